The van der Waals surface area contributed by atoms with Gasteiger partial charge in [-0.2, -0.15) is 0 Å². The van der Waals surface area contributed by atoms with Gasteiger partial charge < -0.3 is 4.74 Å². The fourth-order valence-corrected chi connectivity index (χ4v) is 2.32. The second-order valence-electron chi connectivity index (χ2n) is 4.64. The summed E-state index contributed by atoms with van der Waals surface area (Å²) < 4.78 is 4.95. The molecule has 0 fully saturated rings. The van der Waals surface area contributed by atoms with Crippen molar-refractivity contribution in [2.75, 3.05) is 12.9 Å². The molecule has 0 amide bonds. The number of esters is 1. The molecule has 5 heteroatoms. The van der Waals surface area contributed by atoms with Crippen molar-refractivity contribution in [2.24, 2.45) is 0 Å². The van der Waals surface area contributed by atoms with Gasteiger partial charge in [0.1, 0.15) is 0 Å². The van der Waals surface area contributed by atoms with Crippen LogP contribution in [0.15, 0.2) is 59.5 Å². The predicted molar refractivity (Wildman–Crippen MR) is 94.0 cm³/mol. The van der Waals surface area contributed by atoms with Crippen LogP contribution in [0.2, 0.25) is 5.02 Å². The van der Waals surface area contributed by atoms with Gasteiger partial charge in [0, 0.05) is 21.6 Å². The molecular weight excluding hydrogens is 332 g/mol. The molecule has 0 atom stereocenters. The molecule has 0 spiro atoms. The number of benzene rings is 2. The molecule has 0 bridgehead atoms. The van der Waals surface area contributed by atoms with E-state index in [-0.39, 0.29) is 12.4 Å². The van der Waals surface area contributed by atoms with Crippen LogP contribution in [0.1, 0.15) is 15.9 Å². The summed E-state index contributed by atoms with van der Waals surface area (Å²) in [6.07, 6.45) is 4.86. The minimum Gasteiger partial charge on any atom is -0.454 e. The van der Waals surface area contributed by atoms with Crippen molar-refractivity contribution in [3.8, 4) is 0 Å². The van der Waals surface area contributed by atoms with Crippen LogP contribution in [-0.4, -0.2) is 24.6 Å². The molecule has 0 unspecified atom stereocenters. The van der Waals surface area contributed by atoms with E-state index < -0.39 is 5.97 Å². The van der Waals surface area contributed by atoms with E-state index in [0.717, 1.165) is 10.5 Å². The number of ether oxygens (including phenoxy) is 1. The Bertz CT molecular complexity index is 706. The number of rotatable bonds is 6. The fourth-order valence-electron chi connectivity index (χ4n) is 1.78. The number of carbonyl (C=O) groups is 2. The van der Waals surface area contributed by atoms with Crippen molar-refractivity contribution in [3.63, 3.8) is 0 Å². The lowest BCUT2D eigenvalue weighted by molar-refractivity contribution is -0.136. The molecule has 2 aromatic rings. The molecule has 3 nitrogen and oxygen atoms in total. The van der Waals surface area contributed by atoms with Crippen LogP contribution < -0.4 is 0 Å². The van der Waals surface area contributed by atoms with Crippen LogP contribution in [0, 0.1) is 0 Å². The van der Waals surface area contributed by atoms with Gasteiger partial charge >= 0.3 is 5.97 Å². The molecule has 23 heavy (non-hydrogen) atoms. The molecule has 0 saturated carbocycles. The fraction of sp³-hybridized carbons (Fsp3) is 0.111. The zero-order valence-electron chi connectivity index (χ0n) is 12.5. The summed E-state index contributed by atoms with van der Waals surface area (Å²) in [5, 5.41) is 0.628. The summed E-state index contributed by atoms with van der Waals surface area (Å²) in [4.78, 5) is 24.6. The third-order valence-corrected chi connectivity index (χ3v) is 4.03. The first-order valence-corrected chi connectivity index (χ1v) is 8.46. The summed E-state index contributed by atoms with van der Waals surface area (Å²) in [7, 11) is 0. The van der Waals surface area contributed by atoms with E-state index in [4.69, 9.17) is 16.3 Å². The number of carbonyl (C=O) groups excluding carboxylic acids is 2. The minimum atomic E-state index is -0.561. The molecule has 0 N–H and O–H groups in total. The van der Waals surface area contributed by atoms with E-state index in [1.807, 2.05) is 18.4 Å². The average molecular weight is 347 g/mol. The molecule has 0 heterocycles. The topological polar surface area (TPSA) is 43.4 Å². The van der Waals surface area contributed by atoms with E-state index in [1.54, 1.807) is 54.2 Å². The second kappa shape index (κ2) is 8.56. The van der Waals surface area contributed by atoms with Gasteiger partial charge in [0.25, 0.3) is 0 Å². The highest BCUT2D eigenvalue weighted by atomic mass is 35.5. The van der Waals surface area contributed by atoms with Gasteiger partial charge in [-0.15, -0.1) is 11.8 Å². The van der Waals surface area contributed by atoms with Crippen LogP contribution in [-0.2, 0) is 9.53 Å². The maximum atomic E-state index is 11.9. The summed E-state index contributed by atoms with van der Waals surface area (Å²) in [6.45, 7) is -0.275. The Morgan fingerprint density at radius 1 is 1.09 bits per heavy atom. The van der Waals surface area contributed by atoms with Crippen LogP contribution in [0.4, 0.5) is 0 Å². The van der Waals surface area contributed by atoms with E-state index in [1.165, 1.54) is 6.08 Å². The van der Waals surface area contributed by atoms with E-state index >= 15 is 0 Å². The number of ketones is 1. The maximum Gasteiger partial charge on any atom is 0.331 e. The Labute approximate surface area is 144 Å². The maximum absolute atomic E-state index is 11.9. The van der Waals surface area contributed by atoms with Crippen LogP contribution in [0.25, 0.3) is 6.08 Å². The van der Waals surface area contributed by atoms with Crippen molar-refractivity contribution in [1.82, 2.24) is 0 Å². The van der Waals surface area contributed by atoms with E-state index in [9.17, 15) is 9.59 Å². The summed E-state index contributed by atoms with van der Waals surface area (Å²) in [5.41, 5.74) is 1.35. The third kappa shape index (κ3) is 5.58. The van der Waals surface area contributed by atoms with Gasteiger partial charge in [-0.25, -0.2) is 4.79 Å². The third-order valence-electron chi connectivity index (χ3n) is 3.04. The Kier molecular flexibility index (Phi) is 6.44. The van der Waals surface area contributed by atoms with Gasteiger partial charge in [0.05, 0.1) is 0 Å². The van der Waals surface area contributed by atoms with Crippen molar-refractivity contribution in [3.05, 3.63) is 70.8 Å². The molecule has 0 aromatic heterocycles. The number of halogens is 1. The van der Waals surface area contributed by atoms with Crippen molar-refractivity contribution >= 4 is 41.2 Å². The molecule has 0 radical (unpaired) electrons. The molecule has 118 valence electrons. The van der Waals surface area contributed by atoms with Crippen molar-refractivity contribution in [2.45, 2.75) is 4.90 Å². The minimum absolute atomic E-state index is 0.231. The largest absolute Gasteiger partial charge is 0.454 e. The summed E-state index contributed by atoms with van der Waals surface area (Å²) in [5.74, 6) is -0.792. The lowest BCUT2D eigenvalue weighted by Gasteiger charge is -2.03. The van der Waals surface area contributed by atoms with Gasteiger partial charge in [0.15, 0.2) is 12.4 Å². The van der Waals surface area contributed by atoms with E-state index in [2.05, 4.69) is 0 Å². The number of hydrogen-bond donors (Lipinski definition) is 0. The standard InChI is InChI=1S/C18H15ClO3S/c1-23-16-9-5-14(6-10-16)17(20)12-22-18(21)11-4-13-2-7-15(19)8-3-13/h2-11H,12H2,1H3/b11-4+. The zero-order chi connectivity index (χ0) is 16.7. The first-order valence-electron chi connectivity index (χ1n) is 6.86. The average Bonchev–Trinajstić information content (AvgIpc) is 2.59. The zero-order valence-corrected chi connectivity index (χ0v) is 14.1. The van der Waals surface area contributed by atoms with Crippen LogP contribution in [0.3, 0.4) is 0 Å². The Morgan fingerprint density at radius 2 is 1.74 bits per heavy atom. The Balaban J connectivity index is 1.85. The predicted octanol–water partition coefficient (Wildman–Crippen LogP) is 4.50. The monoisotopic (exact) mass is 346 g/mol. The molecule has 2 aromatic carbocycles. The van der Waals surface area contributed by atoms with Crippen LogP contribution in [0.5, 0.6) is 0 Å². The highest BCUT2D eigenvalue weighted by Gasteiger charge is 2.08. The molecule has 0 aliphatic rings. The quantitative estimate of drug-likeness (QED) is 0.334. The first-order chi connectivity index (χ1) is 11.1. The number of hydrogen-bond acceptors (Lipinski definition) is 4. The molecule has 0 aliphatic carbocycles. The SMILES string of the molecule is CSc1ccc(C(=O)COC(=O)/C=C/c2ccc(Cl)cc2)cc1. The van der Waals surface area contributed by atoms with E-state index in [0.29, 0.717) is 10.6 Å². The highest BCUT2D eigenvalue weighted by molar-refractivity contribution is 7.98. The number of thioether (sulfide) groups is 1. The molecule has 0 aliphatic heterocycles. The lowest BCUT2D eigenvalue weighted by Crippen LogP contribution is -2.12. The lowest BCUT2D eigenvalue weighted by atomic mass is 10.1. The smallest absolute Gasteiger partial charge is 0.331 e. The molecule has 2 rings (SSSR count). The van der Waals surface area contributed by atoms with Crippen molar-refractivity contribution < 1.29 is 14.3 Å². The normalized spacial score (nSPS) is 10.7. The molecule has 0 saturated heterocycles. The summed E-state index contributed by atoms with van der Waals surface area (Å²) in [6, 6.07) is 14.2. The summed E-state index contributed by atoms with van der Waals surface area (Å²) >= 11 is 7.38. The van der Waals surface area contributed by atoms with Gasteiger partial charge in [-0.1, -0.05) is 35.9 Å². The van der Waals surface area contributed by atoms with Gasteiger partial charge in [-0.3, -0.25) is 4.79 Å². The van der Waals surface area contributed by atoms with Crippen LogP contribution >= 0.6 is 23.4 Å². The Hall–Kier alpha value is -2.04. The second-order valence-corrected chi connectivity index (χ2v) is 5.96. The Morgan fingerprint density at radius 3 is 2.35 bits per heavy atom. The highest BCUT2D eigenvalue weighted by Crippen LogP contribution is 2.15. The van der Waals surface area contributed by atoms with Crippen molar-refractivity contribution in [1.29, 1.82) is 0 Å². The molecular formula is C18H15ClO3S. The van der Waals surface area contributed by atoms with Gasteiger partial charge in [0.2, 0.25) is 0 Å². The first kappa shape index (κ1) is 17.3. The number of Topliss-reactive ketones (excluding diaryl/α,β-unsaturated/α-hetero) is 1. The van der Waals surface area contributed by atoms with Gasteiger partial charge in [-0.05, 0) is 42.2 Å².